The number of anilines is 1. The zero-order valence-corrected chi connectivity index (χ0v) is 15.0. The Kier molecular flexibility index (Phi) is 6.35. The maximum absolute atomic E-state index is 12.0. The summed E-state index contributed by atoms with van der Waals surface area (Å²) in [4.78, 5) is 23.8. The van der Waals surface area contributed by atoms with Gasteiger partial charge in [0.05, 0.1) is 15.7 Å². The Morgan fingerprint density at radius 2 is 1.59 bits per heavy atom. The molecule has 0 aliphatic rings. The first-order chi connectivity index (χ1) is 10.0. The molecule has 1 aromatic rings. The van der Waals surface area contributed by atoms with Crippen LogP contribution in [0.2, 0.25) is 15.1 Å². The SMILES string of the molecule is CC(NC(=O)C(C)(C)C)C(=O)NNc1c(Cl)cc(Cl)cc1Cl. The Hall–Kier alpha value is -1.17. The molecule has 1 aromatic carbocycles. The normalized spacial score (nSPS) is 12.5. The number of benzene rings is 1. The molecule has 1 atom stereocenters. The number of nitrogens with one attached hydrogen (secondary N) is 3. The molecule has 0 radical (unpaired) electrons. The van der Waals surface area contributed by atoms with Gasteiger partial charge in [0.2, 0.25) is 5.91 Å². The van der Waals surface area contributed by atoms with Crippen LogP contribution < -0.4 is 16.2 Å². The van der Waals surface area contributed by atoms with Crippen LogP contribution in [0.25, 0.3) is 0 Å². The quantitative estimate of drug-likeness (QED) is 0.713. The first-order valence-corrected chi connectivity index (χ1v) is 7.67. The van der Waals surface area contributed by atoms with Crippen molar-refractivity contribution >= 4 is 52.3 Å². The summed E-state index contributed by atoms with van der Waals surface area (Å²) in [5.74, 6) is -0.655. The molecule has 0 saturated carbocycles. The van der Waals surface area contributed by atoms with Crippen LogP contribution >= 0.6 is 34.8 Å². The number of hydrazine groups is 1. The summed E-state index contributed by atoms with van der Waals surface area (Å²) in [5, 5.41) is 3.54. The van der Waals surface area contributed by atoms with E-state index in [1.165, 1.54) is 12.1 Å². The van der Waals surface area contributed by atoms with E-state index in [-0.39, 0.29) is 16.0 Å². The van der Waals surface area contributed by atoms with Gasteiger partial charge in [-0.05, 0) is 19.1 Å². The number of rotatable bonds is 4. The van der Waals surface area contributed by atoms with Crippen LogP contribution in [-0.2, 0) is 9.59 Å². The smallest absolute Gasteiger partial charge is 0.260 e. The minimum absolute atomic E-state index is 0.224. The van der Waals surface area contributed by atoms with E-state index in [2.05, 4.69) is 16.2 Å². The molecule has 1 unspecified atom stereocenters. The fourth-order valence-electron chi connectivity index (χ4n) is 1.37. The van der Waals surface area contributed by atoms with Crippen molar-refractivity contribution in [2.45, 2.75) is 33.7 Å². The molecule has 0 saturated heterocycles. The number of amides is 2. The van der Waals surface area contributed by atoms with Crippen LogP contribution in [0.3, 0.4) is 0 Å². The van der Waals surface area contributed by atoms with Crippen molar-refractivity contribution in [2.75, 3.05) is 5.43 Å². The monoisotopic (exact) mass is 365 g/mol. The van der Waals surface area contributed by atoms with E-state index in [1.807, 2.05) is 0 Å². The van der Waals surface area contributed by atoms with Crippen molar-refractivity contribution in [3.05, 3.63) is 27.2 Å². The Bertz CT molecular complexity index is 562. The van der Waals surface area contributed by atoms with E-state index in [0.717, 1.165) is 0 Å². The molecule has 3 N–H and O–H groups in total. The van der Waals surface area contributed by atoms with Crippen molar-refractivity contribution in [3.8, 4) is 0 Å². The largest absolute Gasteiger partial charge is 0.344 e. The minimum atomic E-state index is -0.718. The zero-order chi connectivity index (χ0) is 17.1. The van der Waals surface area contributed by atoms with Gasteiger partial charge in [-0.1, -0.05) is 55.6 Å². The van der Waals surface area contributed by atoms with E-state index in [1.54, 1.807) is 27.7 Å². The molecule has 0 aliphatic heterocycles. The molecule has 0 aliphatic carbocycles. The fraction of sp³-hybridized carbons (Fsp3) is 0.429. The molecule has 1 rings (SSSR count). The molecule has 0 aromatic heterocycles. The highest BCUT2D eigenvalue weighted by atomic mass is 35.5. The predicted molar refractivity (Wildman–Crippen MR) is 90.3 cm³/mol. The molecule has 2 amide bonds. The van der Waals surface area contributed by atoms with Gasteiger partial charge >= 0.3 is 0 Å². The fourth-order valence-corrected chi connectivity index (χ4v) is 2.28. The summed E-state index contributed by atoms with van der Waals surface area (Å²) in [6.45, 7) is 6.86. The van der Waals surface area contributed by atoms with Gasteiger partial charge in [-0.2, -0.15) is 0 Å². The molecule has 0 bridgehead atoms. The lowest BCUT2D eigenvalue weighted by Crippen LogP contribution is -2.49. The molecule has 5 nitrogen and oxygen atoms in total. The summed E-state index contributed by atoms with van der Waals surface area (Å²) in [6.07, 6.45) is 0. The van der Waals surface area contributed by atoms with Gasteiger partial charge < -0.3 is 5.32 Å². The third-order valence-corrected chi connectivity index (χ3v) is 3.55. The second-order valence-electron chi connectivity index (χ2n) is 5.80. The third kappa shape index (κ3) is 5.23. The van der Waals surface area contributed by atoms with Gasteiger partial charge in [0.15, 0.2) is 0 Å². The number of halogens is 3. The van der Waals surface area contributed by atoms with Gasteiger partial charge in [0.1, 0.15) is 6.04 Å². The van der Waals surface area contributed by atoms with E-state index >= 15 is 0 Å². The first kappa shape index (κ1) is 18.9. The minimum Gasteiger partial charge on any atom is -0.344 e. The lowest BCUT2D eigenvalue weighted by molar-refractivity contribution is -0.133. The van der Waals surface area contributed by atoms with Crippen molar-refractivity contribution in [3.63, 3.8) is 0 Å². The molecule has 0 spiro atoms. The standard InChI is InChI=1S/C14H18Cl3N3O2/c1-7(18-13(22)14(2,3)4)12(21)20-19-11-9(16)5-8(15)6-10(11)17/h5-7,19H,1-4H3,(H,18,22)(H,20,21). The summed E-state index contributed by atoms with van der Waals surface area (Å²) in [7, 11) is 0. The summed E-state index contributed by atoms with van der Waals surface area (Å²) in [6, 6.07) is 2.27. The third-order valence-electron chi connectivity index (χ3n) is 2.74. The van der Waals surface area contributed by atoms with E-state index < -0.39 is 17.4 Å². The van der Waals surface area contributed by atoms with Crippen LogP contribution in [0.4, 0.5) is 5.69 Å². The van der Waals surface area contributed by atoms with Gasteiger partial charge in [-0.15, -0.1) is 0 Å². The van der Waals surface area contributed by atoms with Crippen LogP contribution in [0.15, 0.2) is 12.1 Å². The van der Waals surface area contributed by atoms with Gasteiger partial charge in [0.25, 0.3) is 5.91 Å². The molecule has 0 fully saturated rings. The van der Waals surface area contributed by atoms with Crippen molar-refractivity contribution in [1.29, 1.82) is 0 Å². The summed E-state index contributed by atoms with van der Waals surface area (Å²) >= 11 is 17.8. The van der Waals surface area contributed by atoms with E-state index in [0.29, 0.717) is 10.7 Å². The van der Waals surface area contributed by atoms with Crippen LogP contribution in [0.1, 0.15) is 27.7 Å². The van der Waals surface area contributed by atoms with E-state index in [9.17, 15) is 9.59 Å². The molecule has 22 heavy (non-hydrogen) atoms. The summed E-state index contributed by atoms with van der Waals surface area (Å²) in [5.41, 5.74) is 4.82. The predicted octanol–water partition coefficient (Wildman–Crippen LogP) is 3.64. The Morgan fingerprint density at radius 3 is 2.05 bits per heavy atom. The van der Waals surface area contributed by atoms with Crippen molar-refractivity contribution < 1.29 is 9.59 Å². The van der Waals surface area contributed by atoms with Gasteiger partial charge in [-0.25, -0.2) is 0 Å². The van der Waals surface area contributed by atoms with Crippen LogP contribution in [0.5, 0.6) is 0 Å². The molecular formula is C14H18Cl3N3O2. The van der Waals surface area contributed by atoms with Crippen LogP contribution in [0, 0.1) is 5.41 Å². The maximum atomic E-state index is 12.0. The average molecular weight is 367 g/mol. The Morgan fingerprint density at radius 1 is 1.09 bits per heavy atom. The topological polar surface area (TPSA) is 70.2 Å². The van der Waals surface area contributed by atoms with Crippen molar-refractivity contribution in [1.82, 2.24) is 10.7 Å². The molecule has 8 heteroatoms. The van der Waals surface area contributed by atoms with Gasteiger partial charge in [0, 0.05) is 10.4 Å². The Labute approximate surface area is 144 Å². The number of hydrogen-bond donors (Lipinski definition) is 3. The first-order valence-electron chi connectivity index (χ1n) is 6.53. The highest BCUT2D eigenvalue weighted by Crippen LogP contribution is 2.33. The lowest BCUT2D eigenvalue weighted by Gasteiger charge is -2.22. The zero-order valence-electron chi connectivity index (χ0n) is 12.7. The maximum Gasteiger partial charge on any atom is 0.260 e. The Balaban J connectivity index is 2.65. The number of hydrogen-bond acceptors (Lipinski definition) is 3. The molecular weight excluding hydrogens is 349 g/mol. The number of carbonyl (C=O) groups is 2. The highest BCUT2D eigenvalue weighted by Gasteiger charge is 2.25. The van der Waals surface area contributed by atoms with Gasteiger partial charge in [-0.3, -0.25) is 20.4 Å². The second-order valence-corrected chi connectivity index (χ2v) is 7.05. The molecule has 0 heterocycles. The lowest BCUT2D eigenvalue weighted by atomic mass is 9.95. The average Bonchev–Trinajstić information content (AvgIpc) is 2.35. The molecule has 122 valence electrons. The highest BCUT2D eigenvalue weighted by molar-refractivity contribution is 6.41. The second kappa shape index (κ2) is 7.40. The van der Waals surface area contributed by atoms with Crippen LogP contribution in [-0.4, -0.2) is 17.9 Å². The van der Waals surface area contributed by atoms with E-state index in [4.69, 9.17) is 34.8 Å². The summed E-state index contributed by atoms with van der Waals surface area (Å²) < 4.78 is 0. The number of carbonyl (C=O) groups excluding carboxylic acids is 2. The van der Waals surface area contributed by atoms with Crippen molar-refractivity contribution in [2.24, 2.45) is 5.41 Å².